The molecule has 3 saturated heterocycles. The smallest absolute Gasteiger partial charge is 0.455 e. The Hall–Kier alpha value is -5.18. The number of fused-ring (bicyclic) bond motifs is 1. The molecule has 0 bridgehead atoms. The summed E-state index contributed by atoms with van der Waals surface area (Å²) in [5.41, 5.74) is 4.94. The summed E-state index contributed by atoms with van der Waals surface area (Å²) in [6.07, 6.45) is 1.87. The number of nitrogen functional groups attached to an aromatic ring is 1. The number of carbonyl (C=O) groups is 5. The highest BCUT2D eigenvalue weighted by molar-refractivity contribution is 8.00. The van der Waals surface area contributed by atoms with Gasteiger partial charge in [-0.3, -0.25) is 19.3 Å². The van der Waals surface area contributed by atoms with E-state index < -0.39 is 52.4 Å². The SMILES string of the molecule is Cc1oc(=O)oc1COC(=O)N1CC[C@@H](N2CC/C(=C\C3=C(C(=O)OC(C)(C)C)N4C(=O)[C@@H](NC(=O)/C(=N\O)c5nsc(N)n5)[C@H]4SC3)C2=O)C1. The van der Waals surface area contributed by atoms with E-state index in [2.05, 4.69) is 19.8 Å². The van der Waals surface area contributed by atoms with Crippen molar-refractivity contribution in [2.45, 2.75) is 70.2 Å². The van der Waals surface area contributed by atoms with E-state index in [9.17, 15) is 34.0 Å². The number of esters is 1. The number of likely N-dealkylation sites (tertiary alicyclic amines) is 2. The lowest BCUT2D eigenvalue weighted by atomic mass is 10.0. The molecule has 0 unspecified atom stereocenters. The molecule has 4 N–H and O–H groups in total. The van der Waals surface area contributed by atoms with Crippen molar-refractivity contribution in [1.29, 1.82) is 0 Å². The second kappa shape index (κ2) is 13.9. The maximum absolute atomic E-state index is 13.7. The molecule has 51 heavy (non-hydrogen) atoms. The number of hydrogen-bond donors (Lipinski definition) is 3. The van der Waals surface area contributed by atoms with Crippen molar-refractivity contribution in [2.24, 2.45) is 5.16 Å². The van der Waals surface area contributed by atoms with E-state index in [1.165, 1.54) is 28.5 Å². The number of aryl methyl sites for hydroxylation is 1. The maximum atomic E-state index is 13.7. The number of oxime groups is 1. The number of carbonyl (C=O) groups excluding carboxylic acids is 5. The molecule has 2 aromatic rings. The van der Waals surface area contributed by atoms with Crippen molar-refractivity contribution in [3.8, 4) is 0 Å². The van der Waals surface area contributed by atoms with Crippen LogP contribution in [0.1, 0.15) is 51.0 Å². The summed E-state index contributed by atoms with van der Waals surface area (Å²) in [6, 6.07) is -1.36. The van der Waals surface area contributed by atoms with Crippen LogP contribution in [0.25, 0.3) is 0 Å². The third kappa shape index (κ3) is 7.20. The molecule has 4 amide bonds. The van der Waals surface area contributed by atoms with Crippen LogP contribution in [-0.4, -0.2) is 113 Å². The first kappa shape index (κ1) is 35.6. The number of anilines is 1. The summed E-state index contributed by atoms with van der Waals surface area (Å²) >= 11 is 2.06. The quantitative estimate of drug-likeness (QED) is 0.0840. The number of nitrogens with zero attached hydrogens (tertiary/aromatic N) is 6. The van der Waals surface area contributed by atoms with Gasteiger partial charge in [-0.05, 0) is 52.2 Å². The van der Waals surface area contributed by atoms with Crippen molar-refractivity contribution in [3.63, 3.8) is 0 Å². The number of nitrogens with one attached hydrogen (secondary N) is 1. The van der Waals surface area contributed by atoms with Gasteiger partial charge >= 0.3 is 17.9 Å². The van der Waals surface area contributed by atoms with Crippen molar-refractivity contribution < 1.29 is 47.5 Å². The highest BCUT2D eigenvalue weighted by atomic mass is 32.2. The molecule has 0 saturated carbocycles. The molecular weight excluding hydrogens is 713 g/mol. The van der Waals surface area contributed by atoms with Gasteiger partial charge in [-0.1, -0.05) is 5.16 Å². The topological polar surface area (TPSA) is 253 Å². The lowest BCUT2D eigenvalue weighted by Gasteiger charge is -2.49. The summed E-state index contributed by atoms with van der Waals surface area (Å²) in [4.78, 5) is 85.9. The molecule has 0 aliphatic carbocycles. The van der Waals surface area contributed by atoms with Crippen LogP contribution in [0.15, 0.2) is 41.7 Å². The van der Waals surface area contributed by atoms with Crippen LogP contribution in [0, 0.1) is 6.92 Å². The molecule has 3 fully saturated rings. The predicted octanol–water partition coefficient (Wildman–Crippen LogP) is 0.719. The van der Waals surface area contributed by atoms with Crippen LogP contribution in [0.4, 0.5) is 9.93 Å². The van der Waals surface area contributed by atoms with Gasteiger partial charge in [0, 0.05) is 42.5 Å². The first-order chi connectivity index (χ1) is 24.1. The van der Waals surface area contributed by atoms with Crippen molar-refractivity contribution in [1.82, 2.24) is 29.4 Å². The largest absolute Gasteiger partial charge is 0.519 e. The minimum absolute atomic E-state index is 0.0357. The Morgan fingerprint density at radius 2 is 1.96 bits per heavy atom. The number of aromatic nitrogens is 2. The van der Waals surface area contributed by atoms with Crippen molar-refractivity contribution >= 4 is 63.9 Å². The van der Waals surface area contributed by atoms with Crippen LogP contribution < -0.4 is 16.9 Å². The molecule has 19 nitrogen and oxygen atoms in total. The fourth-order valence-corrected chi connectivity index (χ4v) is 7.76. The Morgan fingerprint density at radius 1 is 1.20 bits per heavy atom. The van der Waals surface area contributed by atoms with Gasteiger partial charge in [0.2, 0.25) is 17.4 Å². The van der Waals surface area contributed by atoms with Crippen LogP contribution in [-0.2, 0) is 35.3 Å². The van der Waals surface area contributed by atoms with Gasteiger partial charge in [0.05, 0.1) is 6.04 Å². The second-order valence-corrected chi connectivity index (χ2v) is 14.8. The van der Waals surface area contributed by atoms with Gasteiger partial charge < -0.3 is 44.4 Å². The normalized spacial score (nSPS) is 23.1. The van der Waals surface area contributed by atoms with Gasteiger partial charge in [-0.15, -0.1) is 11.8 Å². The molecule has 21 heteroatoms. The lowest BCUT2D eigenvalue weighted by Crippen LogP contribution is -2.71. The Kier molecular flexibility index (Phi) is 9.68. The predicted molar refractivity (Wildman–Crippen MR) is 177 cm³/mol. The number of thioether (sulfide) groups is 1. The average molecular weight is 747 g/mol. The molecule has 3 atom stereocenters. The lowest BCUT2D eigenvalue weighted by molar-refractivity contribution is -0.158. The highest BCUT2D eigenvalue weighted by Crippen LogP contribution is 2.42. The molecule has 6 heterocycles. The molecule has 0 spiro atoms. The minimum Gasteiger partial charge on any atom is -0.455 e. The first-order valence-electron chi connectivity index (χ1n) is 15.7. The Bertz CT molecular complexity index is 1940. The van der Waals surface area contributed by atoms with Gasteiger partial charge in [0.1, 0.15) is 22.7 Å². The molecule has 0 radical (unpaired) electrons. The molecular formula is C30H34N8O11S2. The molecule has 4 aliphatic heterocycles. The number of hydrogen-bond acceptors (Lipinski definition) is 17. The second-order valence-electron chi connectivity index (χ2n) is 12.9. The Labute approximate surface area is 297 Å². The van der Waals surface area contributed by atoms with E-state index in [1.807, 2.05) is 0 Å². The standard InChI is InChI=1S/C30H34N8O11S2/c1-13-17(48-29(44)47-13)11-46-28(43)36-7-6-16(10-36)37-8-5-14(23(37)40)9-15-12-50-25-19(24(41)38(25)20(15)26(42)49-30(2,3)4)32-22(39)18(34-45)21-33-27(31)51-35-21/h9,16,19,25,45H,5-8,10-12H2,1-4H3,(H,32,39)(H2,31,33,35)/b14-9+,34-18-/t16-,19-,25-/m1/s1. The number of ether oxygens (including phenoxy) is 2. The van der Waals surface area contributed by atoms with E-state index in [0.717, 1.165) is 11.5 Å². The zero-order valence-electron chi connectivity index (χ0n) is 27.9. The van der Waals surface area contributed by atoms with Gasteiger partial charge in [0.15, 0.2) is 23.3 Å². The van der Waals surface area contributed by atoms with Crippen LogP contribution in [0.2, 0.25) is 0 Å². The molecule has 6 rings (SSSR count). The fraction of sp³-hybridized carbons (Fsp3) is 0.500. The fourth-order valence-electron chi connectivity index (χ4n) is 6.02. The van der Waals surface area contributed by atoms with E-state index in [0.29, 0.717) is 37.1 Å². The van der Waals surface area contributed by atoms with Crippen LogP contribution in [0.5, 0.6) is 0 Å². The third-order valence-corrected chi connectivity index (χ3v) is 10.2. The number of nitrogens with two attached hydrogens (primary N) is 1. The van der Waals surface area contributed by atoms with E-state index >= 15 is 0 Å². The summed E-state index contributed by atoms with van der Waals surface area (Å²) in [7, 11) is 0. The van der Waals surface area contributed by atoms with E-state index in [-0.39, 0.29) is 59.0 Å². The van der Waals surface area contributed by atoms with Crippen LogP contribution in [0.3, 0.4) is 0 Å². The molecule has 0 aromatic carbocycles. The van der Waals surface area contributed by atoms with Gasteiger partial charge in [-0.25, -0.2) is 14.4 Å². The Balaban J connectivity index is 1.15. The van der Waals surface area contributed by atoms with Gasteiger partial charge in [-0.2, -0.15) is 9.36 Å². The summed E-state index contributed by atoms with van der Waals surface area (Å²) in [5.74, 6) is -3.12. The molecule has 272 valence electrons. The number of rotatable bonds is 8. The number of allylic oxidation sites excluding steroid dienone is 1. The Morgan fingerprint density at radius 3 is 2.61 bits per heavy atom. The highest BCUT2D eigenvalue weighted by Gasteiger charge is 2.55. The number of β-lactam (4-membered cyclic amide) rings is 1. The minimum atomic E-state index is -1.08. The van der Waals surface area contributed by atoms with E-state index in [1.54, 1.807) is 31.7 Å². The van der Waals surface area contributed by atoms with Crippen LogP contribution >= 0.6 is 23.3 Å². The summed E-state index contributed by atoms with van der Waals surface area (Å²) < 4.78 is 24.4. The van der Waals surface area contributed by atoms with Crippen molar-refractivity contribution in [3.05, 3.63) is 50.9 Å². The van der Waals surface area contributed by atoms with E-state index in [4.69, 9.17) is 24.0 Å². The summed E-state index contributed by atoms with van der Waals surface area (Å²) in [5, 5.41) is 14.3. The van der Waals surface area contributed by atoms with Gasteiger partial charge in [0.25, 0.3) is 11.8 Å². The zero-order valence-corrected chi connectivity index (χ0v) is 29.5. The molecule has 4 aliphatic rings. The zero-order chi connectivity index (χ0) is 36.8. The number of amides is 4. The molecule has 2 aromatic heterocycles. The first-order valence-corrected chi connectivity index (χ1v) is 17.5. The van der Waals surface area contributed by atoms with Crippen molar-refractivity contribution in [2.75, 3.05) is 31.1 Å². The summed E-state index contributed by atoms with van der Waals surface area (Å²) in [6.45, 7) is 7.27. The average Bonchev–Trinajstić information content (AvgIpc) is 3.86. The third-order valence-electron chi connectivity index (χ3n) is 8.38. The monoisotopic (exact) mass is 746 g/mol. The maximum Gasteiger partial charge on any atom is 0.519 e.